The maximum Gasteiger partial charge on any atom is 0.193 e. The fourth-order valence-corrected chi connectivity index (χ4v) is 3.63. The van der Waals surface area contributed by atoms with Crippen LogP contribution in [0.15, 0.2) is 54.0 Å². The SMILES string of the molecule is CCNC(=NCCCc1ccccc1)N1CCC(C)C(n2ccnc2)C1. The van der Waals surface area contributed by atoms with E-state index in [0.717, 1.165) is 45.0 Å². The van der Waals surface area contributed by atoms with Crippen LogP contribution in [0.5, 0.6) is 0 Å². The highest BCUT2D eigenvalue weighted by atomic mass is 15.3. The number of imidazole rings is 1. The molecule has 2 atom stereocenters. The van der Waals surface area contributed by atoms with Gasteiger partial charge < -0.3 is 14.8 Å². The van der Waals surface area contributed by atoms with E-state index in [1.54, 1.807) is 0 Å². The van der Waals surface area contributed by atoms with Crippen molar-refractivity contribution in [3.63, 3.8) is 0 Å². The Kier molecular flexibility index (Phi) is 6.69. The summed E-state index contributed by atoms with van der Waals surface area (Å²) in [7, 11) is 0. The second-order valence-corrected chi connectivity index (χ2v) is 7.11. The highest BCUT2D eigenvalue weighted by Crippen LogP contribution is 2.27. The van der Waals surface area contributed by atoms with Gasteiger partial charge in [0.2, 0.25) is 0 Å². The molecule has 1 fully saturated rings. The number of benzene rings is 1. The third-order valence-electron chi connectivity index (χ3n) is 5.19. The van der Waals surface area contributed by atoms with Crippen molar-refractivity contribution in [2.45, 2.75) is 39.2 Å². The first-order valence-corrected chi connectivity index (χ1v) is 9.82. The van der Waals surface area contributed by atoms with E-state index in [0.29, 0.717) is 12.0 Å². The number of aromatic nitrogens is 2. The van der Waals surface area contributed by atoms with E-state index in [-0.39, 0.29) is 0 Å². The molecule has 2 aromatic rings. The summed E-state index contributed by atoms with van der Waals surface area (Å²) in [6, 6.07) is 11.1. The van der Waals surface area contributed by atoms with Crippen molar-refractivity contribution < 1.29 is 0 Å². The third-order valence-corrected chi connectivity index (χ3v) is 5.19. The number of aryl methyl sites for hydroxylation is 1. The predicted octanol–water partition coefficient (Wildman–Crippen LogP) is 3.36. The van der Waals surface area contributed by atoms with Crippen LogP contribution in [0.4, 0.5) is 0 Å². The van der Waals surface area contributed by atoms with E-state index in [4.69, 9.17) is 4.99 Å². The Morgan fingerprint density at radius 3 is 2.88 bits per heavy atom. The van der Waals surface area contributed by atoms with Crippen LogP contribution in [0, 0.1) is 5.92 Å². The van der Waals surface area contributed by atoms with Gasteiger partial charge in [0, 0.05) is 38.6 Å². The van der Waals surface area contributed by atoms with Crippen LogP contribution in [-0.2, 0) is 6.42 Å². The Hall–Kier alpha value is -2.30. The molecule has 0 spiro atoms. The minimum absolute atomic E-state index is 0.458. The van der Waals surface area contributed by atoms with Gasteiger partial charge in [-0.15, -0.1) is 0 Å². The van der Waals surface area contributed by atoms with E-state index < -0.39 is 0 Å². The van der Waals surface area contributed by atoms with Crippen LogP contribution in [-0.4, -0.2) is 46.6 Å². The molecule has 1 saturated heterocycles. The summed E-state index contributed by atoms with van der Waals surface area (Å²) in [6.07, 6.45) is 9.22. The molecule has 0 bridgehead atoms. The van der Waals surface area contributed by atoms with Crippen molar-refractivity contribution >= 4 is 5.96 Å². The first-order valence-electron chi connectivity index (χ1n) is 9.82. The molecule has 3 rings (SSSR count). The summed E-state index contributed by atoms with van der Waals surface area (Å²) in [4.78, 5) is 11.5. The smallest absolute Gasteiger partial charge is 0.193 e. The van der Waals surface area contributed by atoms with Crippen LogP contribution in [0.2, 0.25) is 0 Å². The van der Waals surface area contributed by atoms with Gasteiger partial charge in [0.1, 0.15) is 0 Å². The Morgan fingerprint density at radius 2 is 2.15 bits per heavy atom. The molecular weight excluding hydrogens is 322 g/mol. The number of hydrogen-bond acceptors (Lipinski definition) is 2. The highest BCUT2D eigenvalue weighted by molar-refractivity contribution is 5.80. The second kappa shape index (κ2) is 9.41. The van der Waals surface area contributed by atoms with Gasteiger partial charge in [-0.1, -0.05) is 37.3 Å². The Balaban J connectivity index is 1.59. The summed E-state index contributed by atoms with van der Waals surface area (Å²) >= 11 is 0. The molecule has 2 heterocycles. The lowest BCUT2D eigenvalue weighted by molar-refractivity contribution is 0.189. The first kappa shape index (κ1) is 18.5. The van der Waals surface area contributed by atoms with Crippen LogP contribution in [0.3, 0.4) is 0 Å². The number of likely N-dealkylation sites (tertiary alicyclic amines) is 1. The van der Waals surface area contributed by atoms with Gasteiger partial charge in [-0.3, -0.25) is 4.99 Å². The van der Waals surface area contributed by atoms with Crippen LogP contribution >= 0.6 is 0 Å². The molecule has 1 aliphatic heterocycles. The highest BCUT2D eigenvalue weighted by Gasteiger charge is 2.28. The quantitative estimate of drug-likeness (QED) is 0.492. The average molecular weight is 354 g/mol. The number of nitrogens with one attached hydrogen (secondary N) is 1. The molecular formula is C21H31N5. The summed E-state index contributed by atoms with van der Waals surface area (Å²) in [5, 5.41) is 3.48. The molecule has 0 amide bonds. The number of hydrogen-bond donors (Lipinski definition) is 1. The topological polar surface area (TPSA) is 45.5 Å². The molecule has 1 aromatic carbocycles. The normalized spacial score (nSPS) is 21.0. The summed E-state index contributed by atoms with van der Waals surface area (Å²) in [5.41, 5.74) is 1.39. The lowest BCUT2D eigenvalue weighted by Gasteiger charge is -2.39. The van der Waals surface area contributed by atoms with Gasteiger partial charge in [-0.2, -0.15) is 0 Å². The lowest BCUT2D eigenvalue weighted by Crippen LogP contribution is -2.49. The summed E-state index contributed by atoms with van der Waals surface area (Å²) < 4.78 is 2.25. The minimum atomic E-state index is 0.458. The predicted molar refractivity (Wildman–Crippen MR) is 107 cm³/mol. The van der Waals surface area contributed by atoms with Crippen LogP contribution in [0.25, 0.3) is 0 Å². The third kappa shape index (κ3) is 4.87. The molecule has 1 aromatic heterocycles. The average Bonchev–Trinajstić information content (AvgIpc) is 3.20. The maximum atomic E-state index is 4.90. The summed E-state index contributed by atoms with van der Waals surface area (Å²) in [5.74, 6) is 1.71. The molecule has 0 saturated carbocycles. The van der Waals surface area contributed by atoms with Crippen molar-refractivity contribution in [3.8, 4) is 0 Å². The number of guanidine groups is 1. The lowest BCUT2D eigenvalue weighted by atomic mass is 9.93. The Labute approximate surface area is 157 Å². The number of aliphatic imine (C=N–C) groups is 1. The minimum Gasteiger partial charge on any atom is -0.357 e. The van der Waals surface area contributed by atoms with Crippen molar-refractivity contribution in [2.24, 2.45) is 10.9 Å². The van der Waals surface area contributed by atoms with Gasteiger partial charge in [-0.05, 0) is 37.7 Å². The molecule has 0 radical (unpaired) electrons. The zero-order chi connectivity index (χ0) is 18.2. The Morgan fingerprint density at radius 1 is 1.31 bits per heavy atom. The largest absolute Gasteiger partial charge is 0.357 e. The molecule has 1 N–H and O–H groups in total. The van der Waals surface area contributed by atoms with Crippen molar-refractivity contribution in [1.29, 1.82) is 0 Å². The summed E-state index contributed by atoms with van der Waals surface area (Å²) in [6.45, 7) is 8.29. The molecule has 0 aliphatic carbocycles. The van der Waals surface area contributed by atoms with E-state index >= 15 is 0 Å². The van der Waals surface area contributed by atoms with E-state index in [2.05, 4.69) is 70.1 Å². The van der Waals surface area contributed by atoms with Crippen molar-refractivity contribution in [2.75, 3.05) is 26.2 Å². The molecule has 5 nitrogen and oxygen atoms in total. The van der Waals surface area contributed by atoms with Gasteiger partial charge in [0.15, 0.2) is 5.96 Å². The first-order chi connectivity index (χ1) is 12.8. The van der Waals surface area contributed by atoms with Crippen LogP contribution < -0.4 is 5.32 Å². The number of piperidine rings is 1. The zero-order valence-corrected chi connectivity index (χ0v) is 16.0. The monoisotopic (exact) mass is 353 g/mol. The van der Waals surface area contributed by atoms with Gasteiger partial charge in [0.25, 0.3) is 0 Å². The van der Waals surface area contributed by atoms with Crippen molar-refractivity contribution in [3.05, 3.63) is 54.6 Å². The molecule has 2 unspecified atom stereocenters. The zero-order valence-electron chi connectivity index (χ0n) is 16.0. The second-order valence-electron chi connectivity index (χ2n) is 7.11. The Bertz CT molecular complexity index is 665. The molecule has 140 valence electrons. The van der Waals surface area contributed by atoms with E-state index in [1.807, 2.05) is 12.5 Å². The van der Waals surface area contributed by atoms with Gasteiger partial charge in [-0.25, -0.2) is 4.98 Å². The van der Waals surface area contributed by atoms with Crippen LogP contribution in [0.1, 0.15) is 38.3 Å². The van der Waals surface area contributed by atoms with Gasteiger partial charge in [0.05, 0.1) is 12.4 Å². The maximum absolute atomic E-state index is 4.90. The van der Waals surface area contributed by atoms with E-state index in [1.165, 1.54) is 12.0 Å². The number of rotatable bonds is 6. The number of nitrogens with zero attached hydrogens (tertiary/aromatic N) is 4. The van der Waals surface area contributed by atoms with Gasteiger partial charge >= 0.3 is 0 Å². The van der Waals surface area contributed by atoms with E-state index in [9.17, 15) is 0 Å². The molecule has 1 aliphatic rings. The molecule has 26 heavy (non-hydrogen) atoms. The fourth-order valence-electron chi connectivity index (χ4n) is 3.63. The standard InChI is InChI=1S/C21H31N5/c1-3-23-21(24-12-7-10-19-8-5-4-6-9-19)25-14-11-18(2)20(16-25)26-15-13-22-17-26/h4-6,8-9,13,15,17-18,20H,3,7,10-12,14,16H2,1-2H3,(H,23,24). The van der Waals surface area contributed by atoms with Crippen molar-refractivity contribution in [1.82, 2.24) is 19.8 Å². The fraction of sp³-hybridized carbons (Fsp3) is 0.524. The molecule has 5 heteroatoms.